The maximum atomic E-state index is 12.5. The van der Waals surface area contributed by atoms with E-state index in [9.17, 15) is 15.0 Å². The van der Waals surface area contributed by atoms with Crippen LogP contribution in [-0.4, -0.2) is 21.6 Å². The minimum atomic E-state index is -1.04. The van der Waals surface area contributed by atoms with Gasteiger partial charge in [-0.1, -0.05) is 36.4 Å². The van der Waals surface area contributed by atoms with E-state index in [1.807, 2.05) is 30.3 Å². The lowest BCUT2D eigenvalue weighted by Gasteiger charge is -2.27. The lowest BCUT2D eigenvalue weighted by molar-refractivity contribution is 0.0849. The smallest absolute Gasteiger partial charge is 0.170 e. The molecule has 2 aromatic rings. The predicted molar refractivity (Wildman–Crippen MR) is 92.2 cm³/mol. The highest BCUT2D eigenvalue weighted by Gasteiger charge is 2.30. The largest absolute Gasteiger partial charge is 0.507 e. The third-order valence-electron chi connectivity index (χ3n) is 3.93. The molecule has 4 heteroatoms. The molecule has 0 amide bonds. The lowest BCUT2D eigenvalue weighted by atomic mass is 9.93. The number of hydrogen-bond acceptors (Lipinski definition) is 4. The number of aromatic hydroxyl groups is 1. The maximum Gasteiger partial charge on any atom is 0.170 e. The van der Waals surface area contributed by atoms with E-state index >= 15 is 0 Å². The number of fused-ring (bicyclic) bond motifs is 1. The number of aliphatic hydroxyl groups is 1. The van der Waals surface area contributed by atoms with Crippen LogP contribution in [0, 0.1) is 0 Å². The van der Waals surface area contributed by atoms with Gasteiger partial charge in [0, 0.05) is 0 Å². The average molecular weight is 324 g/mol. The minimum absolute atomic E-state index is 0.00996. The van der Waals surface area contributed by atoms with Gasteiger partial charge in [-0.2, -0.15) is 0 Å². The van der Waals surface area contributed by atoms with Crippen molar-refractivity contribution in [3.05, 3.63) is 65.2 Å². The summed E-state index contributed by atoms with van der Waals surface area (Å²) in [7, 11) is 0. The molecule has 1 atom stereocenters. The molecule has 1 heterocycles. The zero-order valence-electron chi connectivity index (χ0n) is 13.7. The second kappa shape index (κ2) is 6.13. The van der Waals surface area contributed by atoms with E-state index in [0.717, 1.165) is 5.56 Å². The minimum Gasteiger partial charge on any atom is -0.507 e. The molecule has 1 aliphatic heterocycles. The first-order valence-electron chi connectivity index (χ1n) is 7.87. The lowest BCUT2D eigenvalue weighted by Crippen LogP contribution is -2.21. The molecule has 0 aromatic heterocycles. The first-order valence-corrected chi connectivity index (χ1v) is 7.87. The molecule has 4 nitrogen and oxygen atoms in total. The van der Waals surface area contributed by atoms with Gasteiger partial charge in [0.2, 0.25) is 0 Å². The quantitative estimate of drug-likeness (QED) is 0.899. The Morgan fingerprint density at radius 2 is 1.88 bits per heavy atom. The van der Waals surface area contributed by atoms with E-state index in [4.69, 9.17) is 4.74 Å². The molecule has 1 aliphatic rings. The van der Waals surface area contributed by atoms with Crippen molar-refractivity contribution in [3.63, 3.8) is 0 Å². The molecule has 24 heavy (non-hydrogen) atoms. The number of ketones is 1. The third kappa shape index (κ3) is 3.34. The predicted octanol–water partition coefficient (Wildman–Crippen LogP) is 3.88. The number of rotatable bonds is 3. The van der Waals surface area contributed by atoms with Crippen LogP contribution in [0.3, 0.4) is 0 Å². The van der Waals surface area contributed by atoms with Crippen molar-refractivity contribution < 1.29 is 19.7 Å². The van der Waals surface area contributed by atoms with Crippen LogP contribution in [0.1, 0.15) is 47.9 Å². The van der Waals surface area contributed by atoms with Gasteiger partial charge in [0.05, 0.1) is 23.1 Å². The molecule has 0 radical (unpaired) electrons. The highest BCUT2D eigenvalue weighted by molar-refractivity contribution is 6.01. The SMILES string of the molecule is CC(C)(O)C=Cc1c(O)ccc2c1O[C@H](c1ccccc1)CC2=O. The Morgan fingerprint density at radius 3 is 2.54 bits per heavy atom. The van der Waals surface area contributed by atoms with Gasteiger partial charge in [0.15, 0.2) is 5.78 Å². The van der Waals surface area contributed by atoms with Crippen molar-refractivity contribution in [2.45, 2.75) is 32.0 Å². The van der Waals surface area contributed by atoms with Gasteiger partial charge < -0.3 is 14.9 Å². The standard InChI is InChI=1S/C20H20O4/c1-20(2,23)11-10-15-16(21)9-8-14-17(22)12-18(24-19(14)15)13-6-4-3-5-7-13/h3-11,18,21,23H,12H2,1-2H3/t18-/m0/s1. The van der Waals surface area contributed by atoms with Crippen LogP contribution in [0.15, 0.2) is 48.5 Å². The zero-order valence-corrected chi connectivity index (χ0v) is 13.7. The summed E-state index contributed by atoms with van der Waals surface area (Å²) in [6, 6.07) is 12.6. The second-order valence-electron chi connectivity index (χ2n) is 6.51. The van der Waals surface area contributed by atoms with Gasteiger partial charge in [-0.05, 0) is 37.6 Å². The molecule has 2 aromatic carbocycles. The fraction of sp³-hybridized carbons (Fsp3) is 0.250. The number of phenolic OH excluding ortho intramolecular Hbond substituents is 1. The Hall–Kier alpha value is -2.59. The van der Waals surface area contributed by atoms with Crippen LogP contribution in [0.5, 0.6) is 11.5 Å². The maximum absolute atomic E-state index is 12.5. The topological polar surface area (TPSA) is 66.8 Å². The third-order valence-corrected chi connectivity index (χ3v) is 3.93. The van der Waals surface area contributed by atoms with Crippen LogP contribution >= 0.6 is 0 Å². The molecular formula is C20H20O4. The number of carbonyl (C=O) groups is 1. The molecule has 0 fully saturated rings. The Bertz CT molecular complexity index is 785. The van der Waals surface area contributed by atoms with E-state index < -0.39 is 5.60 Å². The van der Waals surface area contributed by atoms with Crippen LogP contribution in [0.25, 0.3) is 6.08 Å². The van der Waals surface area contributed by atoms with Crippen molar-refractivity contribution in [1.29, 1.82) is 0 Å². The molecule has 124 valence electrons. The van der Waals surface area contributed by atoms with Crippen molar-refractivity contribution in [1.82, 2.24) is 0 Å². The number of hydrogen-bond donors (Lipinski definition) is 2. The number of benzene rings is 2. The first kappa shape index (κ1) is 16.3. The highest BCUT2D eigenvalue weighted by Crippen LogP contribution is 2.41. The molecule has 0 saturated heterocycles. The summed E-state index contributed by atoms with van der Waals surface area (Å²) in [5.74, 6) is 0.347. The van der Waals surface area contributed by atoms with Crippen molar-refractivity contribution in [3.8, 4) is 11.5 Å². The molecular weight excluding hydrogens is 304 g/mol. The normalized spacial score (nSPS) is 17.6. The van der Waals surface area contributed by atoms with Gasteiger partial charge in [0.25, 0.3) is 0 Å². The summed E-state index contributed by atoms with van der Waals surface area (Å²) in [5, 5.41) is 20.1. The van der Waals surface area contributed by atoms with Crippen LogP contribution in [0.2, 0.25) is 0 Å². The number of carbonyl (C=O) groups excluding carboxylic acids is 1. The molecule has 0 bridgehead atoms. The van der Waals surface area contributed by atoms with Crippen molar-refractivity contribution in [2.75, 3.05) is 0 Å². The summed E-state index contributed by atoms with van der Waals surface area (Å²) >= 11 is 0. The van der Waals surface area contributed by atoms with Crippen molar-refractivity contribution in [2.24, 2.45) is 0 Å². The summed E-state index contributed by atoms with van der Waals surface area (Å²) < 4.78 is 6.05. The Kier molecular flexibility index (Phi) is 4.16. The van der Waals surface area contributed by atoms with E-state index in [2.05, 4.69) is 0 Å². The van der Waals surface area contributed by atoms with Gasteiger partial charge in [0.1, 0.15) is 17.6 Å². The average Bonchev–Trinajstić information content (AvgIpc) is 2.53. The molecule has 0 spiro atoms. The summed E-state index contributed by atoms with van der Waals surface area (Å²) in [5.41, 5.74) is 0.739. The Labute approximate surface area is 141 Å². The first-order chi connectivity index (χ1) is 11.3. The number of phenols is 1. The number of Topliss-reactive ketones (excluding diaryl/α,β-unsaturated/α-hetero) is 1. The van der Waals surface area contributed by atoms with Crippen LogP contribution < -0.4 is 4.74 Å². The van der Waals surface area contributed by atoms with E-state index in [1.165, 1.54) is 6.07 Å². The van der Waals surface area contributed by atoms with Gasteiger partial charge in [-0.25, -0.2) is 0 Å². The van der Waals surface area contributed by atoms with E-state index in [-0.39, 0.29) is 24.1 Å². The van der Waals surface area contributed by atoms with Crippen LogP contribution in [-0.2, 0) is 0 Å². The fourth-order valence-electron chi connectivity index (χ4n) is 2.70. The molecule has 0 unspecified atom stereocenters. The second-order valence-corrected chi connectivity index (χ2v) is 6.51. The van der Waals surface area contributed by atoms with E-state index in [0.29, 0.717) is 16.9 Å². The van der Waals surface area contributed by atoms with Crippen molar-refractivity contribution >= 4 is 11.9 Å². The van der Waals surface area contributed by atoms with Gasteiger partial charge in [-0.15, -0.1) is 0 Å². The zero-order chi connectivity index (χ0) is 17.3. The Balaban J connectivity index is 2.05. The monoisotopic (exact) mass is 324 g/mol. The molecule has 0 aliphatic carbocycles. The Morgan fingerprint density at radius 1 is 1.17 bits per heavy atom. The molecule has 2 N–H and O–H groups in total. The molecule has 3 rings (SSSR count). The summed E-state index contributed by atoms with van der Waals surface area (Å²) in [6.07, 6.45) is 3.02. The summed E-state index contributed by atoms with van der Waals surface area (Å²) in [6.45, 7) is 3.27. The molecule has 0 saturated carbocycles. The summed E-state index contributed by atoms with van der Waals surface area (Å²) in [4.78, 5) is 12.5. The van der Waals surface area contributed by atoms with Gasteiger partial charge >= 0.3 is 0 Å². The van der Waals surface area contributed by atoms with Gasteiger partial charge in [-0.3, -0.25) is 4.79 Å². The number of ether oxygens (including phenoxy) is 1. The van der Waals surface area contributed by atoms with Crippen LogP contribution in [0.4, 0.5) is 0 Å². The van der Waals surface area contributed by atoms with E-state index in [1.54, 1.807) is 32.1 Å². The highest BCUT2D eigenvalue weighted by atomic mass is 16.5. The fourth-order valence-corrected chi connectivity index (χ4v) is 2.70.